The van der Waals surface area contributed by atoms with E-state index in [1.165, 1.54) is 18.4 Å². The van der Waals surface area contributed by atoms with Crippen molar-refractivity contribution in [1.29, 1.82) is 0 Å². The summed E-state index contributed by atoms with van der Waals surface area (Å²) in [4.78, 5) is 2.70. The Balaban J connectivity index is 2.19. The molecule has 0 aliphatic carbocycles. The number of benzene rings is 1. The lowest BCUT2D eigenvalue weighted by molar-refractivity contribution is 0.0799. The Morgan fingerprint density at radius 2 is 2.00 bits per heavy atom. The summed E-state index contributed by atoms with van der Waals surface area (Å²) in [5, 5.41) is 3.60. The molecule has 0 spiro atoms. The fourth-order valence-corrected chi connectivity index (χ4v) is 3.08. The average Bonchev–Trinajstić information content (AvgIpc) is 2.41. The first-order valence-electron chi connectivity index (χ1n) is 7.30. The maximum atomic E-state index is 3.60. The standard InChI is InChI=1S/C16H26N2/c1-4-15-11-17-13(3)12-18(15)16(5-2)14-9-7-6-8-10-14/h6-10,13,15-17H,4-5,11-12H2,1-3H3. The summed E-state index contributed by atoms with van der Waals surface area (Å²) >= 11 is 0. The van der Waals surface area contributed by atoms with Crippen LogP contribution in [0.5, 0.6) is 0 Å². The quantitative estimate of drug-likeness (QED) is 0.877. The number of nitrogens with one attached hydrogen (secondary N) is 1. The summed E-state index contributed by atoms with van der Waals surface area (Å²) in [6.07, 6.45) is 2.41. The van der Waals surface area contributed by atoms with Gasteiger partial charge in [-0.15, -0.1) is 0 Å². The lowest BCUT2D eigenvalue weighted by Gasteiger charge is -2.43. The molecule has 0 saturated carbocycles. The molecule has 1 aliphatic rings. The number of hydrogen-bond acceptors (Lipinski definition) is 2. The van der Waals surface area contributed by atoms with Gasteiger partial charge in [0.05, 0.1) is 0 Å². The van der Waals surface area contributed by atoms with Crippen molar-refractivity contribution in [3.63, 3.8) is 0 Å². The van der Waals surface area contributed by atoms with Crippen LogP contribution in [0.25, 0.3) is 0 Å². The molecule has 0 bridgehead atoms. The van der Waals surface area contributed by atoms with Crippen LogP contribution in [0, 0.1) is 0 Å². The highest BCUT2D eigenvalue weighted by molar-refractivity contribution is 5.19. The molecule has 1 N–H and O–H groups in total. The van der Waals surface area contributed by atoms with Crippen molar-refractivity contribution < 1.29 is 0 Å². The molecule has 1 heterocycles. The van der Waals surface area contributed by atoms with Crippen molar-refractivity contribution in [3.8, 4) is 0 Å². The topological polar surface area (TPSA) is 15.3 Å². The van der Waals surface area contributed by atoms with E-state index in [0.29, 0.717) is 18.1 Å². The summed E-state index contributed by atoms with van der Waals surface area (Å²) in [5.74, 6) is 0. The number of rotatable bonds is 4. The van der Waals surface area contributed by atoms with E-state index in [4.69, 9.17) is 0 Å². The van der Waals surface area contributed by atoms with Gasteiger partial charge in [-0.3, -0.25) is 4.90 Å². The third kappa shape index (κ3) is 2.93. The minimum Gasteiger partial charge on any atom is -0.311 e. The predicted octanol–water partition coefficient (Wildman–Crippen LogP) is 3.21. The maximum absolute atomic E-state index is 3.60. The smallest absolute Gasteiger partial charge is 0.0349 e. The minimum absolute atomic E-state index is 0.570. The van der Waals surface area contributed by atoms with Gasteiger partial charge in [-0.25, -0.2) is 0 Å². The van der Waals surface area contributed by atoms with Crippen LogP contribution in [-0.2, 0) is 0 Å². The Morgan fingerprint density at radius 1 is 1.28 bits per heavy atom. The third-order valence-electron chi connectivity index (χ3n) is 4.10. The van der Waals surface area contributed by atoms with Gasteiger partial charge in [0, 0.05) is 31.2 Å². The molecule has 100 valence electrons. The second-order valence-electron chi connectivity index (χ2n) is 5.40. The predicted molar refractivity (Wildman–Crippen MR) is 77.7 cm³/mol. The molecule has 1 aliphatic heterocycles. The second-order valence-corrected chi connectivity index (χ2v) is 5.40. The summed E-state index contributed by atoms with van der Waals surface area (Å²) in [5.41, 5.74) is 1.47. The van der Waals surface area contributed by atoms with Gasteiger partial charge in [0.2, 0.25) is 0 Å². The zero-order valence-corrected chi connectivity index (χ0v) is 11.9. The summed E-state index contributed by atoms with van der Waals surface area (Å²) in [6.45, 7) is 9.17. The molecule has 0 aromatic heterocycles. The summed E-state index contributed by atoms with van der Waals surface area (Å²) in [6, 6.07) is 12.8. The SMILES string of the molecule is CCC1CNC(C)CN1C(CC)c1ccccc1. The van der Waals surface area contributed by atoms with Crippen molar-refractivity contribution in [2.24, 2.45) is 0 Å². The van der Waals surface area contributed by atoms with Crippen LogP contribution in [0.1, 0.15) is 45.2 Å². The van der Waals surface area contributed by atoms with E-state index in [9.17, 15) is 0 Å². The van der Waals surface area contributed by atoms with Crippen molar-refractivity contribution in [1.82, 2.24) is 10.2 Å². The van der Waals surface area contributed by atoms with Crippen molar-refractivity contribution in [2.75, 3.05) is 13.1 Å². The van der Waals surface area contributed by atoms with Gasteiger partial charge < -0.3 is 5.32 Å². The van der Waals surface area contributed by atoms with E-state index in [1.807, 2.05) is 0 Å². The molecule has 3 unspecified atom stereocenters. The molecule has 3 atom stereocenters. The van der Waals surface area contributed by atoms with Crippen molar-refractivity contribution in [3.05, 3.63) is 35.9 Å². The van der Waals surface area contributed by atoms with Crippen LogP contribution in [-0.4, -0.2) is 30.1 Å². The number of nitrogens with zero attached hydrogens (tertiary/aromatic N) is 1. The second kappa shape index (κ2) is 6.35. The highest BCUT2D eigenvalue weighted by atomic mass is 15.3. The van der Waals surface area contributed by atoms with Gasteiger partial charge in [-0.1, -0.05) is 44.2 Å². The summed E-state index contributed by atoms with van der Waals surface area (Å²) < 4.78 is 0. The molecule has 0 radical (unpaired) electrons. The molecule has 2 heteroatoms. The van der Waals surface area contributed by atoms with Crippen LogP contribution in [0.15, 0.2) is 30.3 Å². The largest absolute Gasteiger partial charge is 0.311 e. The Kier molecular flexibility index (Phi) is 4.79. The Morgan fingerprint density at radius 3 is 2.61 bits per heavy atom. The normalized spacial score (nSPS) is 27.1. The van der Waals surface area contributed by atoms with E-state index in [-0.39, 0.29) is 0 Å². The van der Waals surface area contributed by atoms with Gasteiger partial charge in [0.25, 0.3) is 0 Å². The van der Waals surface area contributed by atoms with Crippen LogP contribution in [0.2, 0.25) is 0 Å². The van der Waals surface area contributed by atoms with E-state index in [2.05, 4.69) is 61.3 Å². The molecule has 0 amide bonds. The Bertz CT molecular complexity index is 349. The molecular weight excluding hydrogens is 220 g/mol. The molecule has 1 fully saturated rings. The minimum atomic E-state index is 0.570. The first-order valence-corrected chi connectivity index (χ1v) is 7.30. The number of hydrogen-bond donors (Lipinski definition) is 1. The zero-order chi connectivity index (χ0) is 13.0. The average molecular weight is 246 g/mol. The molecule has 1 saturated heterocycles. The lowest BCUT2D eigenvalue weighted by Crippen LogP contribution is -2.56. The third-order valence-corrected chi connectivity index (χ3v) is 4.10. The molecule has 18 heavy (non-hydrogen) atoms. The number of piperazine rings is 1. The Labute approximate surface area is 111 Å². The van der Waals surface area contributed by atoms with Crippen molar-refractivity contribution >= 4 is 0 Å². The highest BCUT2D eigenvalue weighted by Crippen LogP contribution is 2.28. The van der Waals surface area contributed by atoms with Crippen molar-refractivity contribution in [2.45, 2.75) is 51.7 Å². The van der Waals surface area contributed by atoms with Crippen LogP contribution in [0.3, 0.4) is 0 Å². The van der Waals surface area contributed by atoms with Crippen LogP contribution >= 0.6 is 0 Å². The fraction of sp³-hybridized carbons (Fsp3) is 0.625. The fourth-order valence-electron chi connectivity index (χ4n) is 3.08. The Hall–Kier alpha value is -0.860. The molecule has 1 aromatic rings. The van der Waals surface area contributed by atoms with Crippen LogP contribution < -0.4 is 5.32 Å². The van der Waals surface area contributed by atoms with Crippen LogP contribution in [0.4, 0.5) is 0 Å². The first kappa shape index (κ1) is 13.6. The molecule has 2 nitrogen and oxygen atoms in total. The monoisotopic (exact) mass is 246 g/mol. The molecule has 2 rings (SSSR count). The molecular formula is C16H26N2. The van der Waals surface area contributed by atoms with E-state index in [1.54, 1.807) is 0 Å². The van der Waals surface area contributed by atoms with Gasteiger partial charge in [-0.2, -0.15) is 0 Å². The first-order chi connectivity index (χ1) is 8.76. The van der Waals surface area contributed by atoms with Gasteiger partial charge in [0.1, 0.15) is 0 Å². The van der Waals surface area contributed by atoms with Gasteiger partial charge >= 0.3 is 0 Å². The lowest BCUT2D eigenvalue weighted by atomic mass is 9.97. The van der Waals surface area contributed by atoms with E-state index < -0.39 is 0 Å². The van der Waals surface area contributed by atoms with Gasteiger partial charge in [0.15, 0.2) is 0 Å². The zero-order valence-electron chi connectivity index (χ0n) is 11.9. The molecule has 1 aromatic carbocycles. The van der Waals surface area contributed by atoms with Gasteiger partial charge in [-0.05, 0) is 25.3 Å². The highest BCUT2D eigenvalue weighted by Gasteiger charge is 2.30. The summed E-state index contributed by atoms with van der Waals surface area (Å²) in [7, 11) is 0. The van der Waals surface area contributed by atoms with E-state index in [0.717, 1.165) is 13.1 Å². The maximum Gasteiger partial charge on any atom is 0.0349 e. The van der Waals surface area contributed by atoms with E-state index >= 15 is 0 Å².